The maximum absolute atomic E-state index is 10.7. The average Bonchev–Trinajstić information content (AvgIpc) is 2.65. The van der Waals surface area contributed by atoms with E-state index in [9.17, 15) is 5.11 Å². The number of aliphatic hydroxyl groups is 1. The van der Waals surface area contributed by atoms with Crippen molar-refractivity contribution < 1.29 is 5.11 Å². The molecule has 1 aromatic heterocycles. The number of guanidine groups is 1. The SMILES string of the molecule is CCNC(=NCc1ccnc(N(C)C)c1)NCC(C)(O)c1ccccc1.I. The van der Waals surface area contributed by atoms with Crippen LogP contribution in [0.2, 0.25) is 0 Å². The van der Waals surface area contributed by atoms with E-state index < -0.39 is 5.60 Å². The average molecular weight is 483 g/mol. The number of nitrogens with one attached hydrogen (secondary N) is 2. The summed E-state index contributed by atoms with van der Waals surface area (Å²) in [5.74, 6) is 1.58. The molecule has 1 aromatic carbocycles. The highest BCUT2D eigenvalue weighted by Gasteiger charge is 2.22. The lowest BCUT2D eigenvalue weighted by atomic mass is 9.96. The Hall–Kier alpha value is -1.87. The first kappa shape index (κ1) is 23.2. The molecule has 0 fully saturated rings. The molecule has 2 rings (SSSR count). The predicted octanol–water partition coefficient (Wildman–Crippen LogP) is 2.73. The van der Waals surface area contributed by atoms with Crippen LogP contribution in [-0.4, -0.2) is 43.2 Å². The minimum atomic E-state index is -0.980. The van der Waals surface area contributed by atoms with Gasteiger partial charge in [0.15, 0.2) is 5.96 Å². The lowest BCUT2D eigenvalue weighted by Crippen LogP contribution is -2.44. The quantitative estimate of drug-likeness (QED) is 0.321. The molecule has 0 saturated heterocycles. The molecule has 0 aliphatic rings. The molecule has 1 heterocycles. The van der Waals surface area contributed by atoms with Crippen LogP contribution < -0.4 is 15.5 Å². The Morgan fingerprint density at radius 3 is 2.52 bits per heavy atom. The second kappa shape index (κ2) is 11.1. The molecule has 0 aliphatic heterocycles. The van der Waals surface area contributed by atoms with Gasteiger partial charge in [-0.1, -0.05) is 30.3 Å². The lowest BCUT2D eigenvalue weighted by molar-refractivity contribution is 0.0617. The highest BCUT2D eigenvalue weighted by Crippen LogP contribution is 2.18. The van der Waals surface area contributed by atoms with E-state index in [1.165, 1.54) is 0 Å². The van der Waals surface area contributed by atoms with Gasteiger partial charge in [-0.05, 0) is 37.1 Å². The molecule has 1 atom stereocenters. The van der Waals surface area contributed by atoms with Gasteiger partial charge < -0.3 is 20.6 Å². The number of benzene rings is 1. The van der Waals surface area contributed by atoms with Gasteiger partial charge in [0.05, 0.1) is 13.1 Å². The van der Waals surface area contributed by atoms with Gasteiger partial charge in [-0.3, -0.25) is 0 Å². The zero-order valence-corrected chi connectivity index (χ0v) is 18.8. The summed E-state index contributed by atoms with van der Waals surface area (Å²) in [7, 11) is 3.93. The number of nitrogens with zero attached hydrogens (tertiary/aromatic N) is 3. The van der Waals surface area contributed by atoms with Gasteiger partial charge in [0.2, 0.25) is 0 Å². The normalized spacial score (nSPS) is 13.3. The van der Waals surface area contributed by atoms with E-state index in [-0.39, 0.29) is 24.0 Å². The van der Waals surface area contributed by atoms with Crippen LogP contribution >= 0.6 is 24.0 Å². The zero-order chi connectivity index (χ0) is 19.0. The fraction of sp³-hybridized carbons (Fsp3) is 0.400. The second-order valence-corrected chi connectivity index (χ2v) is 6.61. The first-order valence-electron chi connectivity index (χ1n) is 8.84. The van der Waals surface area contributed by atoms with Gasteiger partial charge in [0.1, 0.15) is 11.4 Å². The summed E-state index contributed by atoms with van der Waals surface area (Å²) in [5, 5.41) is 17.2. The van der Waals surface area contributed by atoms with Crippen LogP contribution in [0, 0.1) is 0 Å². The number of anilines is 1. The monoisotopic (exact) mass is 483 g/mol. The predicted molar refractivity (Wildman–Crippen MR) is 123 cm³/mol. The second-order valence-electron chi connectivity index (χ2n) is 6.61. The molecule has 0 radical (unpaired) electrons. The molecule has 0 amide bonds. The van der Waals surface area contributed by atoms with Crippen molar-refractivity contribution in [3.05, 3.63) is 59.8 Å². The van der Waals surface area contributed by atoms with Gasteiger partial charge in [-0.25, -0.2) is 9.98 Å². The number of halogens is 1. The van der Waals surface area contributed by atoms with Crippen molar-refractivity contribution in [3.63, 3.8) is 0 Å². The van der Waals surface area contributed by atoms with Crippen LogP contribution in [0.4, 0.5) is 5.82 Å². The third-order valence-corrected chi connectivity index (χ3v) is 4.03. The molecular formula is C20H30IN5O. The van der Waals surface area contributed by atoms with Crippen LogP contribution in [0.15, 0.2) is 53.7 Å². The Labute approximate surface area is 179 Å². The summed E-state index contributed by atoms with van der Waals surface area (Å²) < 4.78 is 0. The molecular weight excluding hydrogens is 453 g/mol. The highest BCUT2D eigenvalue weighted by molar-refractivity contribution is 14.0. The largest absolute Gasteiger partial charge is 0.384 e. The van der Waals surface area contributed by atoms with Gasteiger partial charge in [0.25, 0.3) is 0 Å². The molecule has 0 saturated carbocycles. The topological polar surface area (TPSA) is 72.8 Å². The Balaban J connectivity index is 0.00000364. The molecule has 2 aromatic rings. The molecule has 0 spiro atoms. The summed E-state index contributed by atoms with van der Waals surface area (Å²) in [6.07, 6.45) is 1.79. The minimum absolute atomic E-state index is 0. The number of hydrogen-bond donors (Lipinski definition) is 3. The number of hydrogen-bond acceptors (Lipinski definition) is 4. The van der Waals surface area contributed by atoms with Crippen molar-refractivity contribution in [2.75, 3.05) is 32.1 Å². The number of pyridine rings is 1. The van der Waals surface area contributed by atoms with E-state index in [1.807, 2.05) is 68.4 Å². The summed E-state index contributed by atoms with van der Waals surface area (Å²) in [5.41, 5.74) is 0.968. The van der Waals surface area contributed by atoms with Gasteiger partial charge in [-0.15, -0.1) is 24.0 Å². The summed E-state index contributed by atoms with van der Waals surface area (Å²) in [4.78, 5) is 10.9. The maximum atomic E-state index is 10.7. The summed E-state index contributed by atoms with van der Waals surface area (Å²) in [6.45, 7) is 5.46. The van der Waals surface area contributed by atoms with Crippen LogP contribution in [0.1, 0.15) is 25.0 Å². The molecule has 6 nitrogen and oxygen atoms in total. The Bertz CT molecular complexity index is 719. The molecule has 1 unspecified atom stereocenters. The van der Waals surface area contributed by atoms with Crippen molar-refractivity contribution in [1.82, 2.24) is 15.6 Å². The fourth-order valence-corrected chi connectivity index (χ4v) is 2.47. The van der Waals surface area contributed by atoms with Crippen LogP contribution in [0.5, 0.6) is 0 Å². The molecule has 148 valence electrons. The van der Waals surface area contributed by atoms with E-state index >= 15 is 0 Å². The van der Waals surface area contributed by atoms with Gasteiger partial charge >= 0.3 is 0 Å². The number of aromatic nitrogens is 1. The van der Waals surface area contributed by atoms with E-state index in [2.05, 4.69) is 20.6 Å². The standard InChI is InChI=1S/C20H29N5O.HI/c1-5-21-19(23-14-16-11-12-22-18(13-16)25(3)4)24-15-20(2,26)17-9-7-6-8-10-17;/h6-13,26H,5,14-15H2,1-4H3,(H2,21,23,24);1H. The number of aliphatic imine (C=N–C) groups is 1. The maximum Gasteiger partial charge on any atom is 0.191 e. The van der Waals surface area contributed by atoms with E-state index in [0.717, 1.165) is 23.5 Å². The van der Waals surface area contributed by atoms with Crippen LogP contribution in [-0.2, 0) is 12.1 Å². The molecule has 7 heteroatoms. The number of rotatable bonds is 7. The van der Waals surface area contributed by atoms with Crippen LogP contribution in [0.25, 0.3) is 0 Å². The van der Waals surface area contributed by atoms with Crippen molar-refractivity contribution in [2.45, 2.75) is 26.0 Å². The van der Waals surface area contributed by atoms with Gasteiger partial charge in [-0.2, -0.15) is 0 Å². The first-order chi connectivity index (χ1) is 12.4. The fourth-order valence-electron chi connectivity index (χ4n) is 2.47. The molecule has 27 heavy (non-hydrogen) atoms. The van der Waals surface area contributed by atoms with E-state index in [4.69, 9.17) is 0 Å². The summed E-state index contributed by atoms with van der Waals surface area (Å²) in [6, 6.07) is 13.6. The highest BCUT2D eigenvalue weighted by atomic mass is 127. The Morgan fingerprint density at radius 2 is 1.89 bits per heavy atom. The molecule has 3 N–H and O–H groups in total. The first-order valence-corrected chi connectivity index (χ1v) is 8.84. The summed E-state index contributed by atoms with van der Waals surface area (Å²) >= 11 is 0. The van der Waals surface area contributed by atoms with Crippen molar-refractivity contribution in [3.8, 4) is 0 Å². The third kappa shape index (κ3) is 7.34. The van der Waals surface area contributed by atoms with Crippen molar-refractivity contribution >= 4 is 35.8 Å². The smallest absolute Gasteiger partial charge is 0.191 e. The van der Waals surface area contributed by atoms with Crippen molar-refractivity contribution in [2.24, 2.45) is 4.99 Å². The molecule has 0 aliphatic carbocycles. The zero-order valence-electron chi connectivity index (χ0n) is 16.4. The van der Waals surface area contributed by atoms with Crippen LogP contribution in [0.3, 0.4) is 0 Å². The van der Waals surface area contributed by atoms with Gasteiger partial charge in [0, 0.05) is 26.8 Å². The van der Waals surface area contributed by atoms with E-state index in [1.54, 1.807) is 13.1 Å². The Kier molecular flexibility index (Phi) is 9.51. The third-order valence-electron chi connectivity index (χ3n) is 4.03. The lowest BCUT2D eigenvalue weighted by Gasteiger charge is -2.25. The minimum Gasteiger partial charge on any atom is -0.384 e. The Morgan fingerprint density at radius 1 is 1.19 bits per heavy atom. The van der Waals surface area contributed by atoms with E-state index in [0.29, 0.717) is 19.0 Å². The molecule has 0 bridgehead atoms. The van der Waals surface area contributed by atoms with Crippen molar-refractivity contribution in [1.29, 1.82) is 0 Å².